The van der Waals surface area contributed by atoms with Crippen molar-refractivity contribution in [1.29, 1.82) is 0 Å². The summed E-state index contributed by atoms with van der Waals surface area (Å²) in [5.74, 6) is 1.88. The van der Waals surface area contributed by atoms with Gasteiger partial charge in [-0.1, -0.05) is 0 Å². The minimum absolute atomic E-state index is 0.392. The molecule has 166 valence electrons. The van der Waals surface area contributed by atoms with E-state index in [1.807, 2.05) is 43.7 Å². The zero-order valence-electron chi connectivity index (χ0n) is 18.1. The molecule has 0 spiro atoms. The average Bonchev–Trinajstić information content (AvgIpc) is 3.31. The smallest absolute Gasteiger partial charge is 0.228 e. The van der Waals surface area contributed by atoms with Crippen LogP contribution in [-0.4, -0.2) is 56.0 Å². The van der Waals surface area contributed by atoms with Crippen molar-refractivity contribution in [3.63, 3.8) is 0 Å². The van der Waals surface area contributed by atoms with Crippen LogP contribution in [0.1, 0.15) is 5.56 Å². The first-order chi connectivity index (χ1) is 16.2. The van der Waals surface area contributed by atoms with Crippen LogP contribution in [0, 0.1) is 0 Å². The van der Waals surface area contributed by atoms with Gasteiger partial charge >= 0.3 is 0 Å². The second kappa shape index (κ2) is 8.14. The van der Waals surface area contributed by atoms with E-state index >= 15 is 0 Å². The monoisotopic (exact) mass is 442 g/mol. The molecule has 0 aliphatic carbocycles. The van der Waals surface area contributed by atoms with Crippen molar-refractivity contribution in [1.82, 2.24) is 29.7 Å². The number of ether oxygens (including phenoxy) is 2. The Morgan fingerprint density at radius 2 is 1.88 bits per heavy atom. The molecule has 0 saturated carbocycles. The van der Waals surface area contributed by atoms with Gasteiger partial charge in [-0.25, -0.2) is 4.98 Å². The number of hydrogen-bond donors (Lipinski definition) is 1. The lowest BCUT2D eigenvalue weighted by Crippen LogP contribution is -2.37. The van der Waals surface area contributed by atoms with E-state index < -0.39 is 0 Å². The summed E-state index contributed by atoms with van der Waals surface area (Å²) in [6.07, 6.45) is 7.22. The lowest BCUT2D eigenvalue weighted by Gasteiger charge is -2.29. The second-order valence-electron chi connectivity index (χ2n) is 7.90. The molecule has 6 heterocycles. The lowest BCUT2D eigenvalue weighted by molar-refractivity contribution is 0.122. The van der Waals surface area contributed by atoms with Crippen LogP contribution in [0.2, 0.25) is 0 Å². The van der Waals surface area contributed by atoms with Gasteiger partial charge < -0.3 is 19.7 Å². The van der Waals surface area contributed by atoms with Crippen molar-refractivity contribution in [3.8, 4) is 28.4 Å². The number of nitrogens with one attached hydrogen (secondary N) is 1. The number of aromatic nitrogens is 6. The van der Waals surface area contributed by atoms with Gasteiger partial charge in [-0.3, -0.25) is 14.6 Å². The summed E-state index contributed by atoms with van der Waals surface area (Å²) in [6, 6.07) is 7.77. The van der Waals surface area contributed by atoms with E-state index in [4.69, 9.17) is 19.4 Å². The van der Waals surface area contributed by atoms with Gasteiger partial charge in [0.05, 0.1) is 18.9 Å². The zero-order chi connectivity index (χ0) is 22.2. The van der Waals surface area contributed by atoms with Crippen LogP contribution < -0.4 is 15.0 Å². The van der Waals surface area contributed by atoms with Gasteiger partial charge in [-0.05, 0) is 24.3 Å². The molecule has 0 unspecified atom stereocenters. The molecule has 2 aliphatic rings. The van der Waals surface area contributed by atoms with E-state index in [-0.39, 0.29) is 0 Å². The zero-order valence-corrected chi connectivity index (χ0v) is 18.1. The summed E-state index contributed by atoms with van der Waals surface area (Å²) in [7, 11) is 1.89. The van der Waals surface area contributed by atoms with Gasteiger partial charge in [0.1, 0.15) is 18.0 Å². The first kappa shape index (κ1) is 19.6. The van der Waals surface area contributed by atoms with Crippen LogP contribution in [0.25, 0.3) is 22.6 Å². The highest BCUT2D eigenvalue weighted by Crippen LogP contribution is 2.43. The maximum atomic E-state index is 6.14. The predicted molar refractivity (Wildman–Crippen MR) is 122 cm³/mol. The summed E-state index contributed by atoms with van der Waals surface area (Å²) in [5, 5.41) is 7.89. The molecule has 4 aromatic rings. The molecule has 0 radical (unpaired) electrons. The minimum atomic E-state index is 0.392. The second-order valence-corrected chi connectivity index (χ2v) is 7.90. The third-order valence-electron chi connectivity index (χ3n) is 5.68. The summed E-state index contributed by atoms with van der Waals surface area (Å²) >= 11 is 0. The number of rotatable bonds is 4. The van der Waals surface area contributed by atoms with E-state index in [0.29, 0.717) is 37.3 Å². The summed E-state index contributed by atoms with van der Waals surface area (Å²) < 4.78 is 13.4. The number of anilines is 3. The standard InChI is InChI=1S/C23H22N8O2/c1-30-7-4-18(29-30)19-12-17-15(13-25-19)14-33-21-20(17)27-23(31-8-10-32-11-9-31)28-22(21)26-16-2-5-24-6-3-16/h2-7,12-13H,8-11,14H2,1H3,(H,24,26,27,28). The normalized spacial score (nSPS) is 14.9. The number of nitrogens with zero attached hydrogens (tertiary/aromatic N) is 7. The van der Waals surface area contributed by atoms with Crippen molar-refractivity contribution in [2.24, 2.45) is 7.05 Å². The molecule has 4 aromatic heterocycles. The Morgan fingerprint density at radius 1 is 1.03 bits per heavy atom. The predicted octanol–water partition coefficient (Wildman–Crippen LogP) is 2.81. The third kappa shape index (κ3) is 3.74. The Labute approximate surface area is 190 Å². The van der Waals surface area contributed by atoms with Crippen LogP contribution >= 0.6 is 0 Å². The molecule has 1 N–H and O–H groups in total. The molecular formula is C23H22N8O2. The highest BCUT2D eigenvalue weighted by atomic mass is 16.5. The van der Waals surface area contributed by atoms with Crippen LogP contribution in [0.4, 0.5) is 17.5 Å². The Bertz CT molecular complexity index is 1300. The van der Waals surface area contributed by atoms with Gasteiger partial charge in [-0.15, -0.1) is 0 Å². The highest BCUT2D eigenvalue weighted by molar-refractivity contribution is 5.81. The molecule has 0 amide bonds. The number of hydrogen-bond acceptors (Lipinski definition) is 9. The summed E-state index contributed by atoms with van der Waals surface area (Å²) in [5.41, 5.74) is 5.16. The molecule has 1 fully saturated rings. The minimum Gasteiger partial charge on any atom is -0.483 e. The molecule has 0 bridgehead atoms. The van der Waals surface area contributed by atoms with E-state index in [1.165, 1.54) is 0 Å². The van der Waals surface area contributed by atoms with E-state index in [0.717, 1.165) is 47.0 Å². The maximum Gasteiger partial charge on any atom is 0.228 e. The van der Waals surface area contributed by atoms with Crippen LogP contribution in [-0.2, 0) is 18.4 Å². The Balaban J connectivity index is 1.49. The molecule has 6 rings (SSSR count). The molecular weight excluding hydrogens is 420 g/mol. The number of fused-ring (bicyclic) bond motifs is 3. The molecule has 0 aromatic carbocycles. The molecule has 10 heteroatoms. The van der Waals surface area contributed by atoms with Crippen molar-refractivity contribution in [3.05, 3.63) is 54.6 Å². The fourth-order valence-corrected chi connectivity index (χ4v) is 3.98. The first-order valence-corrected chi connectivity index (χ1v) is 10.8. The highest BCUT2D eigenvalue weighted by Gasteiger charge is 2.27. The van der Waals surface area contributed by atoms with Gasteiger partial charge in [0.2, 0.25) is 5.95 Å². The molecule has 0 atom stereocenters. The van der Waals surface area contributed by atoms with E-state index in [2.05, 4.69) is 25.3 Å². The van der Waals surface area contributed by atoms with Crippen LogP contribution in [0.15, 0.2) is 49.1 Å². The molecule has 2 aliphatic heterocycles. The maximum absolute atomic E-state index is 6.14. The molecule has 33 heavy (non-hydrogen) atoms. The Kier molecular flexibility index (Phi) is 4.84. The van der Waals surface area contributed by atoms with Gasteiger partial charge in [-0.2, -0.15) is 10.1 Å². The van der Waals surface area contributed by atoms with E-state index in [1.54, 1.807) is 17.1 Å². The van der Waals surface area contributed by atoms with Gasteiger partial charge in [0, 0.05) is 61.7 Å². The molecule has 1 saturated heterocycles. The van der Waals surface area contributed by atoms with Crippen molar-refractivity contribution >= 4 is 17.5 Å². The Hall–Kier alpha value is -4.05. The Morgan fingerprint density at radius 3 is 2.67 bits per heavy atom. The fraction of sp³-hybridized carbons (Fsp3) is 0.261. The van der Waals surface area contributed by atoms with Crippen molar-refractivity contribution < 1.29 is 9.47 Å². The summed E-state index contributed by atoms with van der Waals surface area (Å²) in [4.78, 5) is 20.6. The van der Waals surface area contributed by atoms with Gasteiger partial charge in [0.15, 0.2) is 11.6 Å². The third-order valence-corrected chi connectivity index (χ3v) is 5.68. The van der Waals surface area contributed by atoms with Crippen molar-refractivity contribution in [2.45, 2.75) is 6.61 Å². The topological polar surface area (TPSA) is 103 Å². The van der Waals surface area contributed by atoms with Crippen LogP contribution in [0.5, 0.6) is 5.75 Å². The van der Waals surface area contributed by atoms with E-state index in [9.17, 15) is 0 Å². The summed E-state index contributed by atoms with van der Waals surface area (Å²) in [6.45, 7) is 3.15. The quantitative estimate of drug-likeness (QED) is 0.511. The number of pyridine rings is 2. The largest absolute Gasteiger partial charge is 0.483 e. The lowest BCUT2D eigenvalue weighted by atomic mass is 10.0. The van der Waals surface area contributed by atoms with Gasteiger partial charge in [0.25, 0.3) is 0 Å². The van der Waals surface area contributed by atoms with Crippen molar-refractivity contribution in [2.75, 3.05) is 36.5 Å². The average molecular weight is 442 g/mol. The SMILES string of the molecule is Cn1ccc(-c2cc3c(cn2)COc2c(Nc4ccncc4)nc(N4CCOCC4)nc2-3)n1. The van der Waals surface area contributed by atoms with Crippen LogP contribution in [0.3, 0.4) is 0 Å². The first-order valence-electron chi connectivity index (χ1n) is 10.8. The molecule has 10 nitrogen and oxygen atoms in total. The number of morpholine rings is 1. The fourth-order valence-electron chi connectivity index (χ4n) is 3.98. The number of aryl methyl sites for hydroxylation is 1.